The molecule has 10 heavy (non-hydrogen) atoms. The summed E-state index contributed by atoms with van der Waals surface area (Å²) in [6.45, 7) is 0. The summed E-state index contributed by atoms with van der Waals surface area (Å²) >= 11 is 0. The van der Waals surface area contributed by atoms with Crippen LogP contribution in [0.3, 0.4) is 0 Å². The van der Waals surface area contributed by atoms with Crippen LogP contribution in [0, 0.1) is 23.2 Å². The second kappa shape index (κ2) is 2.09. The molecule has 1 aliphatic heterocycles. The van der Waals surface area contributed by atoms with Gasteiger partial charge in [-0.2, -0.15) is 5.26 Å². The lowest BCUT2D eigenvalue weighted by Gasteiger charge is -2.02. The molecular weight excluding hydrogens is 124 g/mol. The quantitative estimate of drug-likeness (QED) is 0.533. The molecule has 0 aromatic carbocycles. The van der Waals surface area contributed by atoms with Crippen molar-refractivity contribution in [1.29, 1.82) is 5.26 Å². The van der Waals surface area contributed by atoms with Crippen LogP contribution >= 0.6 is 0 Å². The number of hydrogen-bond acceptors (Lipinski definition) is 2. The molecule has 1 saturated carbocycles. The van der Waals surface area contributed by atoms with Crippen molar-refractivity contribution in [1.82, 2.24) is 0 Å². The lowest BCUT2D eigenvalue weighted by Crippen LogP contribution is -2.04. The van der Waals surface area contributed by atoms with Crippen molar-refractivity contribution in [2.75, 3.05) is 0 Å². The molecular formula is C8H10N2. The van der Waals surface area contributed by atoms with E-state index in [1.165, 1.54) is 6.42 Å². The molecule has 0 aromatic rings. The minimum atomic E-state index is 0.328. The Morgan fingerprint density at radius 1 is 1.50 bits per heavy atom. The van der Waals surface area contributed by atoms with Crippen LogP contribution in [0.15, 0.2) is 4.99 Å². The van der Waals surface area contributed by atoms with Gasteiger partial charge in [0.15, 0.2) is 0 Å². The molecule has 0 bridgehead atoms. The fraction of sp³-hybridized carbons (Fsp3) is 0.750. The Morgan fingerprint density at radius 2 is 2.30 bits per heavy atom. The average Bonchev–Trinajstić information content (AvgIpc) is 2.70. The van der Waals surface area contributed by atoms with Crippen molar-refractivity contribution in [3.8, 4) is 6.07 Å². The molecule has 3 atom stereocenters. The second-order valence-corrected chi connectivity index (χ2v) is 3.19. The van der Waals surface area contributed by atoms with Crippen molar-refractivity contribution < 1.29 is 0 Å². The molecule has 52 valence electrons. The Morgan fingerprint density at radius 3 is 2.80 bits per heavy atom. The van der Waals surface area contributed by atoms with Crippen LogP contribution in [0.1, 0.15) is 19.3 Å². The largest absolute Gasteiger partial charge is 0.286 e. The highest BCUT2D eigenvalue weighted by Gasteiger charge is 2.33. The first-order valence-corrected chi connectivity index (χ1v) is 3.83. The normalized spacial score (nSPS) is 43.3. The van der Waals surface area contributed by atoms with Gasteiger partial charge in [-0.05, 0) is 25.2 Å². The predicted octanol–water partition coefficient (Wildman–Crippen LogP) is 1.38. The fourth-order valence-electron chi connectivity index (χ4n) is 1.74. The van der Waals surface area contributed by atoms with Gasteiger partial charge < -0.3 is 0 Å². The molecule has 1 fully saturated rings. The highest BCUT2D eigenvalue weighted by molar-refractivity contribution is 5.78. The molecule has 2 rings (SSSR count). The molecule has 0 amide bonds. The van der Waals surface area contributed by atoms with Gasteiger partial charge in [-0.1, -0.05) is 0 Å². The van der Waals surface area contributed by atoms with Crippen molar-refractivity contribution >= 4 is 6.21 Å². The molecule has 2 heteroatoms. The van der Waals surface area contributed by atoms with Crippen LogP contribution in [0.4, 0.5) is 0 Å². The van der Waals surface area contributed by atoms with Gasteiger partial charge in [-0.3, -0.25) is 4.99 Å². The van der Waals surface area contributed by atoms with Crippen molar-refractivity contribution in [2.45, 2.75) is 25.3 Å². The lowest BCUT2D eigenvalue weighted by molar-refractivity contribution is 0.537. The Hall–Kier alpha value is -0.840. The Kier molecular flexibility index (Phi) is 1.23. The summed E-state index contributed by atoms with van der Waals surface area (Å²) in [5.41, 5.74) is 0. The maximum Gasteiger partial charge on any atom is 0.0871 e. The van der Waals surface area contributed by atoms with E-state index in [0.29, 0.717) is 17.9 Å². The summed E-state index contributed by atoms with van der Waals surface area (Å²) < 4.78 is 0. The van der Waals surface area contributed by atoms with E-state index in [0.717, 1.165) is 12.8 Å². The molecule has 2 aliphatic rings. The molecule has 0 radical (unpaired) electrons. The third-order valence-electron chi connectivity index (χ3n) is 2.46. The van der Waals surface area contributed by atoms with Gasteiger partial charge in [0.05, 0.1) is 12.1 Å². The minimum absolute atomic E-state index is 0.328. The molecule has 0 aromatic heterocycles. The molecule has 3 unspecified atom stereocenters. The van der Waals surface area contributed by atoms with E-state index < -0.39 is 0 Å². The number of hydrogen-bond donors (Lipinski definition) is 0. The van der Waals surface area contributed by atoms with E-state index in [1.807, 2.05) is 6.21 Å². The maximum absolute atomic E-state index is 8.60. The SMILES string of the molecule is N#CC1CCC(C2C=N2)C1. The third-order valence-corrected chi connectivity index (χ3v) is 2.46. The fourth-order valence-corrected chi connectivity index (χ4v) is 1.74. The highest BCUT2D eigenvalue weighted by Crippen LogP contribution is 2.35. The van der Waals surface area contributed by atoms with Gasteiger partial charge in [0, 0.05) is 12.1 Å². The van der Waals surface area contributed by atoms with Crippen LogP contribution in [0.5, 0.6) is 0 Å². The molecule has 0 saturated heterocycles. The number of nitriles is 1. The Bertz CT molecular complexity index is 196. The van der Waals surface area contributed by atoms with Crippen molar-refractivity contribution in [3.05, 3.63) is 0 Å². The number of nitrogens with zero attached hydrogens (tertiary/aromatic N) is 2. The summed E-state index contributed by atoms with van der Waals surface area (Å²) in [4.78, 5) is 4.12. The number of aliphatic imine (C=N–C) groups is 1. The Balaban J connectivity index is 1.88. The van der Waals surface area contributed by atoms with E-state index >= 15 is 0 Å². The summed E-state index contributed by atoms with van der Waals surface area (Å²) in [5, 5.41) is 8.60. The van der Waals surface area contributed by atoms with Gasteiger partial charge in [0.2, 0.25) is 0 Å². The summed E-state index contributed by atoms with van der Waals surface area (Å²) in [6, 6.07) is 2.85. The van der Waals surface area contributed by atoms with Gasteiger partial charge in [-0.15, -0.1) is 0 Å². The smallest absolute Gasteiger partial charge is 0.0871 e. The van der Waals surface area contributed by atoms with Crippen molar-refractivity contribution in [3.63, 3.8) is 0 Å². The zero-order valence-electron chi connectivity index (χ0n) is 5.83. The first-order valence-electron chi connectivity index (χ1n) is 3.83. The topological polar surface area (TPSA) is 36.1 Å². The first-order chi connectivity index (χ1) is 4.90. The second-order valence-electron chi connectivity index (χ2n) is 3.19. The zero-order chi connectivity index (χ0) is 6.97. The van der Waals surface area contributed by atoms with Gasteiger partial charge in [0.1, 0.15) is 0 Å². The van der Waals surface area contributed by atoms with Crippen LogP contribution in [0.2, 0.25) is 0 Å². The van der Waals surface area contributed by atoms with Crippen LogP contribution < -0.4 is 0 Å². The van der Waals surface area contributed by atoms with Crippen LogP contribution in [0.25, 0.3) is 0 Å². The van der Waals surface area contributed by atoms with Crippen LogP contribution in [-0.4, -0.2) is 12.3 Å². The maximum atomic E-state index is 8.60. The van der Waals surface area contributed by atoms with Gasteiger partial charge >= 0.3 is 0 Å². The number of rotatable bonds is 1. The zero-order valence-corrected chi connectivity index (χ0v) is 5.83. The van der Waals surface area contributed by atoms with E-state index in [1.54, 1.807) is 0 Å². The molecule has 2 nitrogen and oxygen atoms in total. The van der Waals surface area contributed by atoms with E-state index in [9.17, 15) is 0 Å². The van der Waals surface area contributed by atoms with E-state index in [2.05, 4.69) is 11.1 Å². The highest BCUT2D eigenvalue weighted by atomic mass is 14.9. The summed E-state index contributed by atoms with van der Waals surface area (Å²) in [7, 11) is 0. The van der Waals surface area contributed by atoms with Gasteiger partial charge in [-0.25, -0.2) is 0 Å². The van der Waals surface area contributed by atoms with Gasteiger partial charge in [0.25, 0.3) is 0 Å². The molecule has 1 aliphatic carbocycles. The van der Waals surface area contributed by atoms with E-state index in [4.69, 9.17) is 5.26 Å². The molecule has 1 heterocycles. The average molecular weight is 134 g/mol. The predicted molar refractivity (Wildman–Crippen MR) is 38.7 cm³/mol. The molecule has 0 N–H and O–H groups in total. The minimum Gasteiger partial charge on any atom is -0.286 e. The summed E-state index contributed by atoms with van der Waals surface area (Å²) in [5.74, 6) is 1.04. The first kappa shape index (κ1) is 5.91. The monoisotopic (exact) mass is 134 g/mol. The lowest BCUT2D eigenvalue weighted by atomic mass is 10.0. The Labute approximate surface area is 60.6 Å². The summed E-state index contributed by atoms with van der Waals surface area (Å²) in [6.07, 6.45) is 5.40. The third kappa shape index (κ3) is 0.923. The molecule has 0 spiro atoms. The van der Waals surface area contributed by atoms with Crippen LogP contribution in [-0.2, 0) is 0 Å². The van der Waals surface area contributed by atoms with Crippen molar-refractivity contribution in [2.24, 2.45) is 16.8 Å². The van der Waals surface area contributed by atoms with E-state index in [-0.39, 0.29) is 0 Å². The standard InChI is InChI=1S/C8H10N2/c9-4-6-1-2-7(3-6)8-5-10-8/h5-8H,1-3H2.